The first kappa shape index (κ1) is 14.3. The number of aliphatic carboxylic acids is 1. The lowest BCUT2D eigenvalue weighted by atomic mass is 10.3. The molecule has 2 N–H and O–H groups in total. The molecule has 0 aromatic carbocycles. The standard InChI is InChI=1S/C12H18N4O4/c1-3-8-9(6-15(2)14-8)13-12(19)16-4-5-20-10(7-16)11(17)18/h6,10H,3-5,7H2,1-2H3,(H,13,19)(H,17,18). The zero-order valence-electron chi connectivity index (χ0n) is 11.5. The number of aromatic nitrogens is 2. The zero-order valence-corrected chi connectivity index (χ0v) is 11.5. The van der Waals surface area contributed by atoms with E-state index in [0.717, 1.165) is 5.69 Å². The van der Waals surface area contributed by atoms with Crippen LogP contribution in [0.1, 0.15) is 12.6 Å². The summed E-state index contributed by atoms with van der Waals surface area (Å²) >= 11 is 0. The Hall–Kier alpha value is -2.09. The minimum atomic E-state index is -1.06. The van der Waals surface area contributed by atoms with E-state index in [0.29, 0.717) is 18.7 Å². The highest BCUT2D eigenvalue weighted by Gasteiger charge is 2.29. The lowest BCUT2D eigenvalue weighted by molar-refractivity contribution is -0.154. The molecule has 110 valence electrons. The van der Waals surface area contributed by atoms with Gasteiger partial charge in [0.1, 0.15) is 0 Å². The molecule has 1 aromatic heterocycles. The largest absolute Gasteiger partial charge is 0.479 e. The number of aryl methyl sites for hydroxylation is 2. The minimum Gasteiger partial charge on any atom is -0.479 e. The molecular formula is C12H18N4O4. The van der Waals surface area contributed by atoms with Crippen LogP contribution in [0.25, 0.3) is 0 Å². The quantitative estimate of drug-likeness (QED) is 0.831. The maximum Gasteiger partial charge on any atom is 0.334 e. The molecule has 1 aromatic rings. The Morgan fingerprint density at radius 1 is 1.60 bits per heavy atom. The topological polar surface area (TPSA) is 96.7 Å². The van der Waals surface area contributed by atoms with Crippen LogP contribution in [0.15, 0.2) is 6.20 Å². The number of rotatable bonds is 3. The van der Waals surface area contributed by atoms with Crippen LogP contribution in [0.2, 0.25) is 0 Å². The maximum atomic E-state index is 12.1. The molecule has 1 aliphatic rings. The summed E-state index contributed by atoms with van der Waals surface area (Å²) in [4.78, 5) is 24.5. The number of hydrogen-bond acceptors (Lipinski definition) is 4. The SMILES string of the molecule is CCc1nn(C)cc1NC(=O)N1CCOC(C(=O)O)C1. The number of nitrogens with one attached hydrogen (secondary N) is 1. The van der Waals surface area contributed by atoms with Gasteiger partial charge in [0.05, 0.1) is 24.5 Å². The normalized spacial score (nSPS) is 18.9. The Bertz CT molecular complexity index is 514. The summed E-state index contributed by atoms with van der Waals surface area (Å²) in [5.74, 6) is -1.06. The molecule has 2 amide bonds. The molecule has 8 heteroatoms. The van der Waals surface area contributed by atoms with Crippen LogP contribution < -0.4 is 5.32 Å². The second-order valence-electron chi connectivity index (χ2n) is 4.59. The van der Waals surface area contributed by atoms with Crippen molar-refractivity contribution in [2.75, 3.05) is 25.0 Å². The smallest absolute Gasteiger partial charge is 0.334 e. The average molecular weight is 282 g/mol. The van der Waals surface area contributed by atoms with E-state index in [-0.39, 0.29) is 19.2 Å². The number of amides is 2. The summed E-state index contributed by atoms with van der Waals surface area (Å²) in [6.07, 6.45) is 1.47. The molecular weight excluding hydrogens is 264 g/mol. The summed E-state index contributed by atoms with van der Waals surface area (Å²) in [6, 6.07) is -0.331. The number of morpholine rings is 1. The van der Waals surface area contributed by atoms with Gasteiger partial charge in [-0.3, -0.25) is 4.68 Å². The number of ether oxygens (including phenoxy) is 1. The van der Waals surface area contributed by atoms with E-state index < -0.39 is 12.1 Å². The molecule has 2 rings (SSSR count). The molecule has 20 heavy (non-hydrogen) atoms. The highest BCUT2D eigenvalue weighted by molar-refractivity contribution is 5.90. The van der Waals surface area contributed by atoms with Crippen LogP contribution in [-0.4, -0.2) is 57.6 Å². The third-order valence-corrected chi connectivity index (χ3v) is 3.11. The number of nitrogens with zero attached hydrogens (tertiary/aromatic N) is 3. The van der Waals surface area contributed by atoms with Gasteiger partial charge in [-0.1, -0.05) is 6.92 Å². The molecule has 2 heterocycles. The summed E-state index contributed by atoms with van der Waals surface area (Å²) in [5.41, 5.74) is 1.45. The fourth-order valence-corrected chi connectivity index (χ4v) is 2.08. The van der Waals surface area contributed by atoms with Crippen LogP contribution in [-0.2, 0) is 23.0 Å². The van der Waals surface area contributed by atoms with Crippen LogP contribution in [0.4, 0.5) is 10.5 Å². The number of carbonyl (C=O) groups is 2. The van der Waals surface area contributed by atoms with Crippen molar-refractivity contribution in [2.45, 2.75) is 19.4 Å². The monoisotopic (exact) mass is 282 g/mol. The maximum absolute atomic E-state index is 12.1. The van der Waals surface area contributed by atoms with Gasteiger partial charge in [-0.15, -0.1) is 0 Å². The Kier molecular flexibility index (Phi) is 4.23. The van der Waals surface area contributed by atoms with Gasteiger partial charge in [-0.25, -0.2) is 9.59 Å². The third kappa shape index (κ3) is 3.08. The van der Waals surface area contributed by atoms with Crippen LogP contribution in [0.5, 0.6) is 0 Å². The number of urea groups is 1. The minimum absolute atomic E-state index is 0.0445. The first-order valence-electron chi connectivity index (χ1n) is 6.44. The molecule has 0 spiro atoms. The van der Waals surface area contributed by atoms with Crippen molar-refractivity contribution < 1.29 is 19.4 Å². The Morgan fingerprint density at radius 2 is 2.35 bits per heavy atom. The molecule has 1 unspecified atom stereocenters. The van der Waals surface area contributed by atoms with Crippen molar-refractivity contribution in [1.29, 1.82) is 0 Å². The Balaban J connectivity index is 2.02. The third-order valence-electron chi connectivity index (χ3n) is 3.11. The molecule has 0 aliphatic carbocycles. The molecule has 0 radical (unpaired) electrons. The second-order valence-corrected chi connectivity index (χ2v) is 4.59. The summed E-state index contributed by atoms with van der Waals surface area (Å²) < 4.78 is 6.71. The van der Waals surface area contributed by atoms with Crippen molar-refractivity contribution >= 4 is 17.7 Å². The van der Waals surface area contributed by atoms with Gasteiger partial charge in [0, 0.05) is 19.8 Å². The molecule has 0 bridgehead atoms. The number of carboxylic acids is 1. The highest BCUT2D eigenvalue weighted by atomic mass is 16.5. The van der Waals surface area contributed by atoms with Crippen molar-refractivity contribution in [3.63, 3.8) is 0 Å². The van der Waals surface area contributed by atoms with Gasteiger partial charge in [-0.2, -0.15) is 5.10 Å². The molecule has 1 aliphatic heterocycles. The Morgan fingerprint density at radius 3 is 3.00 bits per heavy atom. The van der Waals surface area contributed by atoms with Crippen LogP contribution in [0.3, 0.4) is 0 Å². The molecule has 0 saturated carbocycles. The predicted molar refractivity (Wildman–Crippen MR) is 70.6 cm³/mol. The first-order valence-corrected chi connectivity index (χ1v) is 6.44. The van der Waals surface area contributed by atoms with Crippen molar-refractivity contribution in [1.82, 2.24) is 14.7 Å². The highest BCUT2D eigenvalue weighted by Crippen LogP contribution is 2.15. The second kappa shape index (κ2) is 5.91. The van der Waals surface area contributed by atoms with Crippen LogP contribution in [0, 0.1) is 0 Å². The number of anilines is 1. The van der Waals surface area contributed by atoms with Gasteiger partial charge in [0.2, 0.25) is 0 Å². The van der Waals surface area contributed by atoms with Crippen molar-refractivity contribution in [2.24, 2.45) is 7.05 Å². The molecule has 8 nitrogen and oxygen atoms in total. The lowest BCUT2D eigenvalue weighted by Crippen LogP contribution is -2.49. The summed E-state index contributed by atoms with van der Waals surface area (Å²) in [5, 5.41) is 15.9. The van der Waals surface area contributed by atoms with E-state index in [9.17, 15) is 9.59 Å². The lowest BCUT2D eigenvalue weighted by Gasteiger charge is -2.30. The van der Waals surface area contributed by atoms with Crippen LogP contribution >= 0.6 is 0 Å². The zero-order chi connectivity index (χ0) is 14.7. The Labute approximate surface area is 116 Å². The van der Waals surface area contributed by atoms with Gasteiger partial charge < -0.3 is 20.1 Å². The molecule has 1 saturated heterocycles. The van der Waals surface area contributed by atoms with E-state index in [1.54, 1.807) is 17.9 Å². The van der Waals surface area contributed by atoms with E-state index in [2.05, 4.69) is 10.4 Å². The summed E-state index contributed by atoms with van der Waals surface area (Å²) in [7, 11) is 1.78. The number of carboxylic acid groups (broad SMARTS) is 1. The van der Waals surface area contributed by atoms with Crippen molar-refractivity contribution in [3.05, 3.63) is 11.9 Å². The van der Waals surface area contributed by atoms with Gasteiger partial charge in [0.15, 0.2) is 6.10 Å². The molecule has 1 atom stereocenters. The van der Waals surface area contributed by atoms with Crippen molar-refractivity contribution in [3.8, 4) is 0 Å². The van der Waals surface area contributed by atoms with Gasteiger partial charge in [0.25, 0.3) is 0 Å². The molecule has 1 fully saturated rings. The first-order chi connectivity index (χ1) is 9.51. The fraction of sp³-hybridized carbons (Fsp3) is 0.583. The number of carbonyl (C=O) groups excluding carboxylic acids is 1. The van der Waals surface area contributed by atoms with Gasteiger partial charge in [-0.05, 0) is 6.42 Å². The van der Waals surface area contributed by atoms with E-state index >= 15 is 0 Å². The van der Waals surface area contributed by atoms with E-state index in [4.69, 9.17) is 9.84 Å². The van der Waals surface area contributed by atoms with E-state index in [1.807, 2.05) is 6.92 Å². The van der Waals surface area contributed by atoms with Gasteiger partial charge >= 0.3 is 12.0 Å². The summed E-state index contributed by atoms with van der Waals surface area (Å²) in [6.45, 7) is 2.59. The predicted octanol–water partition coefficient (Wildman–Crippen LogP) is 0.300. The fourth-order valence-electron chi connectivity index (χ4n) is 2.08. The number of hydrogen-bond donors (Lipinski definition) is 2. The van der Waals surface area contributed by atoms with E-state index in [1.165, 1.54) is 4.90 Å². The average Bonchev–Trinajstić information content (AvgIpc) is 2.78.